The maximum absolute atomic E-state index is 13.3. The number of methoxy groups -OCH3 is 2. The number of hydrogen-bond acceptors (Lipinski definition) is 6. The molecule has 0 unspecified atom stereocenters. The van der Waals surface area contributed by atoms with Gasteiger partial charge in [0.15, 0.2) is 5.65 Å². The number of anilines is 1. The van der Waals surface area contributed by atoms with Crippen molar-refractivity contribution in [1.82, 2.24) is 19.1 Å². The number of para-hydroxylation sites is 1. The molecule has 0 saturated heterocycles. The zero-order valence-electron chi connectivity index (χ0n) is 18.7. The van der Waals surface area contributed by atoms with Gasteiger partial charge >= 0.3 is 5.69 Å². The third-order valence-electron chi connectivity index (χ3n) is 5.33. The van der Waals surface area contributed by atoms with Gasteiger partial charge in [-0.1, -0.05) is 30.3 Å². The lowest BCUT2D eigenvalue weighted by Gasteiger charge is -2.09. The van der Waals surface area contributed by atoms with E-state index in [9.17, 15) is 4.79 Å². The maximum Gasteiger partial charge on any atom is 0.330 e. The molecular weight excluding hydrogens is 406 g/mol. The molecule has 8 heteroatoms. The average molecular weight is 434 g/mol. The van der Waals surface area contributed by atoms with Crippen LogP contribution in [0.25, 0.3) is 11.2 Å². The highest BCUT2D eigenvalue weighted by molar-refractivity contribution is 5.72. The molecule has 0 atom stereocenters. The van der Waals surface area contributed by atoms with E-state index in [1.165, 1.54) is 0 Å². The van der Waals surface area contributed by atoms with E-state index in [0.717, 1.165) is 22.6 Å². The van der Waals surface area contributed by atoms with Crippen molar-refractivity contribution in [2.75, 3.05) is 19.5 Å². The van der Waals surface area contributed by atoms with Crippen LogP contribution in [0.1, 0.15) is 31.0 Å². The second-order valence-corrected chi connectivity index (χ2v) is 7.75. The smallest absolute Gasteiger partial charge is 0.330 e. The van der Waals surface area contributed by atoms with E-state index in [1.54, 1.807) is 29.6 Å². The van der Waals surface area contributed by atoms with Gasteiger partial charge < -0.3 is 14.8 Å². The molecule has 2 aromatic carbocycles. The Morgan fingerprint density at radius 3 is 2.62 bits per heavy atom. The van der Waals surface area contributed by atoms with Crippen molar-refractivity contribution in [3.05, 3.63) is 76.3 Å². The molecule has 0 radical (unpaired) electrons. The van der Waals surface area contributed by atoms with Crippen molar-refractivity contribution in [2.24, 2.45) is 0 Å². The van der Waals surface area contributed by atoms with Gasteiger partial charge in [0, 0.05) is 18.2 Å². The minimum Gasteiger partial charge on any atom is -0.497 e. The van der Waals surface area contributed by atoms with Gasteiger partial charge in [-0.3, -0.25) is 9.13 Å². The Hall–Kier alpha value is -3.81. The number of imidazole rings is 1. The molecule has 0 aliphatic carbocycles. The van der Waals surface area contributed by atoms with Gasteiger partial charge in [0.25, 0.3) is 0 Å². The SMILES string of the molecule is COc1cccc(CNc2ncc3c(n2)n(C(C)C)c(=O)n3Cc2ccccc2OC)c1. The van der Waals surface area contributed by atoms with Gasteiger partial charge in [0.05, 0.1) is 27.0 Å². The summed E-state index contributed by atoms with van der Waals surface area (Å²) in [6, 6.07) is 15.4. The summed E-state index contributed by atoms with van der Waals surface area (Å²) in [5, 5.41) is 3.24. The first kappa shape index (κ1) is 21.4. The van der Waals surface area contributed by atoms with Crippen LogP contribution in [-0.4, -0.2) is 33.3 Å². The van der Waals surface area contributed by atoms with Gasteiger partial charge in [-0.15, -0.1) is 0 Å². The van der Waals surface area contributed by atoms with Crippen LogP contribution >= 0.6 is 0 Å². The molecule has 4 rings (SSSR count). The Balaban J connectivity index is 1.69. The summed E-state index contributed by atoms with van der Waals surface area (Å²) < 4.78 is 14.1. The Kier molecular flexibility index (Phi) is 6.11. The maximum atomic E-state index is 13.3. The van der Waals surface area contributed by atoms with Crippen LogP contribution in [-0.2, 0) is 13.1 Å². The number of aromatic nitrogens is 4. The minimum atomic E-state index is -0.125. The lowest BCUT2D eigenvalue weighted by Crippen LogP contribution is -2.26. The van der Waals surface area contributed by atoms with Crippen molar-refractivity contribution in [3.63, 3.8) is 0 Å². The topological polar surface area (TPSA) is 83.2 Å². The summed E-state index contributed by atoms with van der Waals surface area (Å²) in [6.45, 7) is 4.86. The summed E-state index contributed by atoms with van der Waals surface area (Å²) >= 11 is 0. The van der Waals surface area contributed by atoms with E-state index in [1.807, 2.05) is 62.4 Å². The molecule has 0 amide bonds. The number of hydrogen-bond donors (Lipinski definition) is 1. The first-order valence-electron chi connectivity index (χ1n) is 10.5. The first-order chi connectivity index (χ1) is 15.5. The normalized spacial score (nSPS) is 11.2. The number of ether oxygens (including phenoxy) is 2. The molecular formula is C24H27N5O3. The summed E-state index contributed by atoms with van der Waals surface area (Å²) in [5.74, 6) is 1.99. The van der Waals surface area contributed by atoms with Crippen LogP contribution in [0.3, 0.4) is 0 Å². The lowest BCUT2D eigenvalue weighted by atomic mass is 10.2. The second-order valence-electron chi connectivity index (χ2n) is 7.75. The average Bonchev–Trinajstić information content (AvgIpc) is 3.08. The molecule has 0 aliphatic heterocycles. The van der Waals surface area contributed by atoms with Crippen molar-refractivity contribution in [3.8, 4) is 11.5 Å². The van der Waals surface area contributed by atoms with E-state index in [2.05, 4.69) is 15.3 Å². The molecule has 2 aromatic heterocycles. The molecule has 0 saturated carbocycles. The van der Waals surface area contributed by atoms with E-state index >= 15 is 0 Å². The van der Waals surface area contributed by atoms with Crippen LogP contribution in [0.4, 0.5) is 5.95 Å². The van der Waals surface area contributed by atoms with Crippen molar-refractivity contribution < 1.29 is 9.47 Å². The van der Waals surface area contributed by atoms with E-state index < -0.39 is 0 Å². The van der Waals surface area contributed by atoms with Crippen LogP contribution in [0.15, 0.2) is 59.5 Å². The van der Waals surface area contributed by atoms with Gasteiger partial charge in [-0.25, -0.2) is 9.78 Å². The summed E-state index contributed by atoms with van der Waals surface area (Å²) in [7, 11) is 3.27. The van der Waals surface area contributed by atoms with Crippen molar-refractivity contribution >= 4 is 17.1 Å². The fourth-order valence-corrected chi connectivity index (χ4v) is 3.73. The zero-order chi connectivity index (χ0) is 22.7. The Labute approximate surface area is 186 Å². The van der Waals surface area contributed by atoms with E-state index in [-0.39, 0.29) is 11.7 Å². The molecule has 0 fully saturated rings. The fourth-order valence-electron chi connectivity index (χ4n) is 3.73. The third kappa shape index (κ3) is 4.16. The number of fused-ring (bicyclic) bond motifs is 1. The van der Waals surface area contributed by atoms with Gasteiger partial charge in [0.1, 0.15) is 17.0 Å². The second kappa shape index (κ2) is 9.13. The minimum absolute atomic E-state index is 0.0509. The molecule has 8 nitrogen and oxygen atoms in total. The highest BCUT2D eigenvalue weighted by Gasteiger charge is 2.19. The third-order valence-corrected chi connectivity index (χ3v) is 5.33. The number of nitrogens with one attached hydrogen (secondary N) is 1. The van der Waals surface area contributed by atoms with Crippen LogP contribution in [0, 0.1) is 0 Å². The predicted molar refractivity (Wildman–Crippen MR) is 125 cm³/mol. The largest absolute Gasteiger partial charge is 0.497 e. The summed E-state index contributed by atoms with van der Waals surface area (Å²) in [6.07, 6.45) is 1.70. The fraction of sp³-hybridized carbons (Fsp3) is 0.292. The van der Waals surface area contributed by atoms with Crippen LogP contribution in [0.2, 0.25) is 0 Å². The van der Waals surface area contributed by atoms with Crippen molar-refractivity contribution in [1.29, 1.82) is 0 Å². The molecule has 4 aromatic rings. The van der Waals surface area contributed by atoms with Crippen molar-refractivity contribution in [2.45, 2.75) is 33.0 Å². The monoisotopic (exact) mass is 433 g/mol. The molecule has 2 heterocycles. The first-order valence-corrected chi connectivity index (χ1v) is 10.5. The Morgan fingerprint density at radius 2 is 1.88 bits per heavy atom. The molecule has 166 valence electrons. The molecule has 32 heavy (non-hydrogen) atoms. The Morgan fingerprint density at radius 1 is 1.06 bits per heavy atom. The number of benzene rings is 2. The highest BCUT2D eigenvalue weighted by Crippen LogP contribution is 2.22. The van der Waals surface area contributed by atoms with Crippen LogP contribution < -0.4 is 20.5 Å². The predicted octanol–water partition coefficient (Wildman–Crippen LogP) is 3.85. The van der Waals surface area contributed by atoms with Crippen LogP contribution in [0.5, 0.6) is 11.5 Å². The molecule has 0 aliphatic rings. The molecule has 0 spiro atoms. The highest BCUT2D eigenvalue weighted by atomic mass is 16.5. The summed E-state index contributed by atoms with van der Waals surface area (Å²) in [5.41, 5.74) is 3.12. The standard InChI is InChI=1S/C24H27N5O3/c1-16(2)29-22-20(28(24(29)30)15-18-9-5-6-11-21(18)32-4)14-26-23(27-22)25-13-17-8-7-10-19(12-17)31-3/h5-12,14,16H,13,15H2,1-4H3,(H,25,26,27). The zero-order valence-corrected chi connectivity index (χ0v) is 18.7. The van der Waals surface area contributed by atoms with Gasteiger partial charge in [-0.2, -0.15) is 4.98 Å². The van der Waals surface area contributed by atoms with E-state index in [4.69, 9.17) is 9.47 Å². The van der Waals surface area contributed by atoms with Gasteiger partial charge in [-0.05, 0) is 37.6 Å². The van der Waals surface area contributed by atoms with Gasteiger partial charge in [0.2, 0.25) is 5.95 Å². The number of rotatable bonds is 8. The molecule has 0 bridgehead atoms. The molecule has 1 N–H and O–H groups in total. The summed E-state index contributed by atoms with van der Waals surface area (Å²) in [4.78, 5) is 22.4. The lowest BCUT2D eigenvalue weighted by molar-refractivity contribution is 0.408. The quantitative estimate of drug-likeness (QED) is 0.454. The number of nitrogens with zero attached hydrogens (tertiary/aromatic N) is 4. The Bertz CT molecular complexity index is 1290. The van der Waals surface area contributed by atoms with E-state index in [0.29, 0.717) is 30.2 Å².